The molecule has 1 atom stereocenters. The molecule has 1 N–H and O–H groups in total. The zero-order valence-corrected chi connectivity index (χ0v) is 13.2. The van der Waals surface area contributed by atoms with Gasteiger partial charge < -0.3 is 22.8 Å². The highest BCUT2D eigenvalue weighted by molar-refractivity contribution is 6.73. The van der Waals surface area contributed by atoms with Crippen LogP contribution in [0.25, 0.3) is 11.3 Å². The van der Waals surface area contributed by atoms with Gasteiger partial charge in [0, 0.05) is 17.3 Å². The van der Waals surface area contributed by atoms with Gasteiger partial charge in [0.05, 0.1) is 6.07 Å². The fraction of sp³-hybridized carbons (Fsp3) is 0.0588. The van der Waals surface area contributed by atoms with Crippen molar-refractivity contribution in [1.29, 1.82) is 5.26 Å². The fourth-order valence-electron chi connectivity index (χ4n) is 2.31. The average molecular weight is 360 g/mol. The van der Waals surface area contributed by atoms with Crippen LogP contribution in [0.15, 0.2) is 59.1 Å². The Kier molecular flexibility index (Phi) is 4.67. The molecule has 0 radical (unpaired) electrons. The standard InChI is InChI=1S/C17H11BF4N3O/c19-13-5-1-11(2-6-13)17-9-15(25-26-17)16(10-23)24-14-7-3-12(4-8-14)18(20,21)22/h1-9,16,24H/q-1. The lowest BCUT2D eigenvalue weighted by Crippen LogP contribution is -2.33. The molecule has 0 saturated heterocycles. The number of rotatable bonds is 5. The van der Waals surface area contributed by atoms with Crippen LogP contribution in [0.4, 0.5) is 23.0 Å². The second kappa shape index (κ2) is 6.92. The molecule has 0 saturated carbocycles. The van der Waals surface area contributed by atoms with E-state index in [2.05, 4.69) is 10.5 Å². The van der Waals surface area contributed by atoms with Crippen LogP contribution in [0.3, 0.4) is 0 Å². The third-order valence-electron chi connectivity index (χ3n) is 3.68. The summed E-state index contributed by atoms with van der Waals surface area (Å²) in [6.45, 7) is -5.07. The van der Waals surface area contributed by atoms with Crippen molar-refractivity contribution in [1.82, 2.24) is 5.16 Å². The van der Waals surface area contributed by atoms with Gasteiger partial charge in [-0.05, 0) is 36.4 Å². The van der Waals surface area contributed by atoms with Gasteiger partial charge in [-0.1, -0.05) is 17.3 Å². The van der Waals surface area contributed by atoms with Gasteiger partial charge in [-0.3, -0.25) is 0 Å². The molecule has 0 aliphatic carbocycles. The van der Waals surface area contributed by atoms with Gasteiger partial charge in [0.1, 0.15) is 11.5 Å². The Bertz CT molecular complexity index is 930. The first-order chi connectivity index (χ1) is 12.4. The summed E-state index contributed by atoms with van der Waals surface area (Å²) >= 11 is 0. The first-order valence-electron chi connectivity index (χ1n) is 7.55. The van der Waals surface area contributed by atoms with E-state index >= 15 is 0 Å². The molecule has 0 aliphatic heterocycles. The van der Waals surface area contributed by atoms with Crippen LogP contribution in [0.2, 0.25) is 0 Å². The van der Waals surface area contributed by atoms with Crippen molar-refractivity contribution in [2.75, 3.05) is 5.32 Å². The molecule has 2 aromatic carbocycles. The van der Waals surface area contributed by atoms with E-state index in [4.69, 9.17) is 4.52 Å². The van der Waals surface area contributed by atoms with Crippen molar-refractivity contribution < 1.29 is 21.9 Å². The lowest BCUT2D eigenvalue weighted by molar-refractivity contribution is 0.422. The Labute approximate surface area is 146 Å². The molecule has 9 heteroatoms. The first-order valence-corrected chi connectivity index (χ1v) is 7.55. The summed E-state index contributed by atoms with van der Waals surface area (Å²) in [6, 6.07) is 12.5. The van der Waals surface area contributed by atoms with Crippen LogP contribution in [0, 0.1) is 17.1 Å². The third-order valence-corrected chi connectivity index (χ3v) is 3.68. The number of anilines is 1. The van der Waals surface area contributed by atoms with Crippen LogP contribution >= 0.6 is 0 Å². The van der Waals surface area contributed by atoms with Gasteiger partial charge in [-0.2, -0.15) is 5.26 Å². The van der Waals surface area contributed by atoms with E-state index in [1.54, 1.807) is 0 Å². The summed E-state index contributed by atoms with van der Waals surface area (Å²) in [6.07, 6.45) is 0. The zero-order valence-electron chi connectivity index (χ0n) is 13.2. The molecule has 4 nitrogen and oxygen atoms in total. The summed E-state index contributed by atoms with van der Waals surface area (Å²) < 4.78 is 56.1. The average Bonchev–Trinajstić information content (AvgIpc) is 3.10. The van der Waals surface area contributed by atoms with Gasteiger partial charge in [0.15, 0.2) is 11.8 Å². The van der Waals surface area contributed by atoms with Gasteiger partial charge in [0.2, 0.25) is 0 Å². The highest BCUT2D eigenvalue weighted by Crippen LogP contribution is 2.25. The topological polar surface area (TPSA) is 61.9 Å². The van der Waals surface area contributed by atoms with Crippen LogP contribution in [0.1, 0.15) is 11.7 Å². The fourth-order valence-corrected chi connectivity index (χ4v) is 2.31. The normalized spacial score (nSPS) is 12.4. The minimum absolute atomic E-state index is 0.260. The largest absolute Gasteiger partial charge is 0.509 e. The first kappa shape index (κ1) is 17.5. The van der Waals surface area contributed by atoms with E-state index in [1.165, 1.54) is 42.5 Å². The van der Waals surface area contributed by atoms with Gasteiger partial charge in [-0.15, -0.1) is 5.46 Å². The second-order valence-corrected chi connectivity index (χ2v) is 5.53. The third kappa shape index (κ3) is 3.86. The quantitative estimate of drug-likeness (QED) is 0.547. The van der Waals surface area contributed by atoms with Crippen molar-refractivity contribution in [3.8, 4) is 17.4 Å². The van der Waals surface area contributed by atoms with Crippen molar-refractivity contribution in [3.63, 3.8) is 0 Å². The molecule has 1 heterocycles. The molecule has 26 heavy (non-hydrogen) atoms. The molecular weight excluding hydrogens is 349 g/mol. The molecule has 3 rings (SSSR count). The number of hydrogen-bond donors (Lipinski definition) is 1. The van der Waals surface area contributed by atoms with E-state index < -0.39 is 24.3 Å². The molecule has 1 unspecified atom stereocenters. The van der Waals surface area contributed by atoms with Crippen LogP contribution < -0.4 is 10.8 Å². The predicted molar refractivity (Wildman–Crippen MR) is 89.0 cm³/mol. The van der Waals surface area contributed by atoms with E-state index in [0.29, 0.717) is 17.0 Å². The predicted octanol–water partition coefficient (Wildman–Crippen LogP) is 4.21. The van der Waals surface area contributed by atoms with Gasteiger partial charge in [-0.25, -0.2) is 4.39 Å². The summed E-state index contributed by atoms with van der Waals surface area (Å²) in [7, 11) is 0. The molecule has 0 spiro atoms. The number of nitrogens with zero attached hydrogens (tertiary/aromatic N) is 2. The van der Waals surface area contributed by atoms with E-state index in [-0.39, 0.29) is 5.69 Å². The Balaban J connectivity index is 1.77. The van der Waals surface area contributed by atoms with Crippen molar-refractivity contribution >= 4 is 18.1 Å². The summed E-state index contributed by atoms with van der Waals surface area (Å²) in [5.41, 5.74) is 0.463. The monoisotopic (exact) mass is 360 g/mol. The molecule has 0 bridgehead atoms. The second-order valence-electron chi connectivity index (χ2n) is 5.53. The van der Waals surface area contributed by atoms with Gasteiger partial charge >= 0.3 is 6.98 Å². The highest BCUT2D eigenvalue weighted by Gasteiger charge is 2.25. The number of hydrogen-bond acceptors (Lipinski definition) is 4. The van der Waals surface area contributed by atoms with E-state index in [1.807, 2.05) is 6.07 Å². The highest BCUT2D eigenvalue weighted by atomic mass is 19.4. The van der Waals surface area contributed by atoms with Crippen LogP contribution in [-0.2, 0) is 0 Å². The van der Waals surface area contributed by atoms with Crippen molar-refractivity contribution in [3.05, 3.63) is 66.1 Å². The molecule has 3 aromatic rings. The number of aromatic nitrogens is 1. The maximum Gasteiger partial charge on any atom is 0.509 e. The molecular formula is C17H11BF4N3O-. The SMILES string of the molecule is N#CC(Nc1ccc([B-](F)(F)F)cc1)c1cc(-c2ccc(F)cc2)on1. The van der Waals surface area contributed by atoms with E-state index in [9.17, 15) is 22.6 Å². The Hall–Kier alpha value is -3.28. The zero-order chi connectivity index (χ0) is 18.7. The minimum Gasteiger partial charge on any atom is -0.445 e. The van der Waals surface area contributed by atoms with Crippen LogP contribution in [0.5, 0.6) is 0 Å². The maximum atomic E-state index is 13.0. The van der Waals surface area contributed by atoms with Crippen molar-refractivity contribution in [2.24, 2.45) is 0 Å². The number of benzene rings is 2. The van der Waals surface area contributed by atoms with Crippen LogP contribution in [-0.4, -0.2) is 12.1 Å². The summed E-state index contributed by atoms with van der Waals surface area (Å²) in [5.74, 6) is -0.0501. The Morgan fingerprint density at radius 2 is 1.69 bits per heavy atom. The van der Waals surface area contributed by atoms with Crippen molar-refractivity contribution in [2.45, 2.75) is 6.04 Å². The number of nitrogens with one attached hydrogen (secondary N) is 1. The minimum atomic E-state index is -5.07. The molecule has 1 aromatic heterocycles. The summed E-state index contributed by atoms with van der Waals surface area (Å²) in [4.78, 5) is 0. The van der Waals surface area contributed by atoms with E-state index in [0.717, 1.165) is 12.1 Å². The summed E-state index contributed by atoms with van der Waals surface area (Å²) in [5, 5.41) is 15.9. The molecule has 132 valence electrons. The molecule has 0 amide bonds. The number of nitriles is 1. The Morgan fingerprint density at radius 1 is 1.04 bits per heavy atom. The molecule has 0 aliphatic rings. The van der Waals surface area contributed by atoms with Gasteiger partial charge in [0.25, 0.3) is 0 Å². The Morgan fingerprint density at radius 3 is 2.27 bits per heavy atom. The maximum absolute atomic E-state index is 13.0. The number of halogens is 4. The smallest absolute Gasteiger partial charge is 0.445 e. The lowest BCUT2D eigenvalue weighted by atomic mass is 9.80. The molecule has 0 fully saturated rings. The lowest BCUT2D eigenvalue weighted by Gasteiger charge is -2.16.